The highest BCUT2D eigenvalue weighted by Gasteiger charge is 2.22. The predicted molar refractivity (Wildman–Crippen MR) is 214 cm³/mol. The Morgan fingerprint density at radius 3 is 1.61 bits per heavy atom. The smallest absolute Gasteiger partial charge is 0.235 e. The average molecular weight is 669 g/mol. The quantitative estimate of drug-likeness (QED) is 0.187. The fourth-order valence-corrected chi connectivity index (χ4v) is 9.14. The molecule has 0 aliphatic heterocycles. The average Bonchev–Trinajstić information content (AvgIpc) is 3.86. The summed E-state index contributed by atoms with van der Waals surface area (Å²) in [5.41, 5.74) is 9.57. The summed E-state index contributed by atoms with van der Waals surface area (Å²) in [6.45, 7) is 0. The van der Waals surface area contributed by atoms with Crippen molar-refractivity contribution in [1.29, 1.82) is 0 Å². The minimum absolute atomic E-state index is 0.653. The zero-order chi connectivity index (χ0) is 33.5. The Bertz CT molecular complexity index is 3020. The lowest BCUT2D eigenvalue weighted by Crippen LogP contribution is -2.04. The Kier molecular flexibility index (Phi) is 6.09. The monoisotopic (exact) mass is 668 g/mol. The molecule has 238 valence electrons. The normalized spacial score (nSPS) is 11.9. The van der Waals surface area contributed by atoms with E-state index in [9.17, 15) is 0 Å². The van der Waals surface area contributed by atoms with E-state index in [2.05, 4.69) is 167 Å². The Morgan fingerprint density at radius 1 is 0.392 bits per heavy atom. The number of para-hydroxylation sites is 2. The van der Waals surface area contributed by atoms with Gasteiger partial charge in [0.05, 0.1) is 33.5 Å². The molecule has 0 unspecified atom stereocenters. The molecule has 0 spiro atoms. The van der Waals surface area contributed by atoms with Crippen molar-refractivity contribution in [1.82, 2.24) is 19.1 Å². The maximum Gasteiger partial charge on any atom is 0.235 e. The van der Waals surface area contributed by atoms with E-state index >= 15 is 0 Å². The molecule has 4 aromatic heterocycles. The van der Waals surface area contributed by atoms with Gasteiger partial charge in [0.15, 0.2) is 0 Å². The molecule has 0 bridgehead atoms. The molecule has 0 atom stereocenters. The highest BCUT2D eigenvalue weighted by molar-refractivity contribution is 7.26. The first-order chi connectivity index (χ1) is 25.3. The van der Waals surface area contributed by atoms with E-state index in [0.717, 1.165) is 39.2 Å². The molecule has 0 saturated heterocycles. The van der Waals surface area contributed by atoms with Crippen LogP contribution in [0, 0.1) is 0 Å². The lowest BCUT2D eigenvalue weighted by Gasteiger charge is -2.12. The summed E-state index contributed by atoms with van der Waals surface area (Å²) < 4.78 is 7.23. The van der Waals surface area contributed by atoms with Gasteiger partial charge >= 0.3 is 0 Å². The molecule has 51 heavy (non-hydrogen) atoms. The van der Waals surface area contributed by atoms with Crippen molar-refractivity contribution in [3.8, 4) is 34.2 Å². The zero-order valence-electron chi connectivity index (χ0n) is 27.4. The number of aromatic nitrogens is 4. The summed E-state index contributed by atoms with van der Waals surface area (Å²) in [5, 5.41) is 7.46. The fraction of sp³-hybridized carbons (Fsp3) is 0. The predicted octanol–water partition coefficient (Wildman–Crippen LogP) is 12.4. The van der Waals surface area contributed by atoms with Crippen LogP contribution >= 0.6 is 11.3 Å². The molecule has 0 N–H and O–H groups in total. The maximum atomic E-state index is 5.30. The highest BCUT2D eigenvalue weighted by atomic mass is 32.1. The molecule has 4 heterocycles. The van der Waals surface area contributed by atoms with E-state index in [-0.39, 0.29) is 0 Å². The first kappa shape index (κ1) is 28.3. The van der Waals surface area contributed by atoms with Gasteiger partial charge in [-0.1, -0.05) is 121 Å². The van der Waals surface area contributed by atoms with Crippen LogP contribution in [0.3, 0.4) is 0 Å². The Morgan fingerprint density at radius 2 is 0.941 bits per heavy atom. The van der Waals surface area contributed by atoms with Crippen molar-refractivity contribution in [2.45, 2.75) is 0 Å². The van der Waals surface area contributed by atoms with Crippen molar-refractivity contribution in [2.75, 3.05) is 0 Å². The van der Waals surface area contributed by atoms with Gasteiger partial charge in [0, 0.05) is 58.5 Å². The first-order valence-electron chi connectivity index (χ1n) is 17.2. The summed E-state index contributed by atoms with van der Waals surface area (Å²) in [5.74, 6) is 0.653. The highest BCUT2D eigenvalue weighted by Crippen LogP contribution is 2.44. The number of hydrogen-bond donors (Lipinski definition) is 0. The molecule has 7 aromatic carbocycles. The van der Waals surface area contributed by atoms with Gasteiger partial charge in [-0.2, -0.15) is 0 Å². The van der Waals surface area contributed by atoms with Gasteiger partial charge in [0.1, 0.15) is 0 Å². The standard InChI is InChI=1S/C46H28N4S/c1-3-13-29(14-4-1)37-28-38(30-15-5-2-6-16-30)48-46(47-37)50-41-25-23-31(49-39-20-10-7-17-32(39)33-18-8-11-21-40(33)49)27-36(41)44-42(50)26-24-35-34-19-9-12-22-43(34)51-45(35)44/h1-28H. The number of nitrogens with zero attached hydrogens (tertiary/aromatic N) is 4. The van der Waals surface area contributed by atoms with Gasteiger partial charge in [-0.3, -0.25) is 4.57 Å². The van der Waals surface area contributed by atoms with Gasteiger partial charge in [-0.05, 0) is 48.5 Å². The minimum Gasteiger partial charge on any atom is -0.309 e. The second-order valence-electron chi connectivity index (χ2n) is 13.0. The van der Waals surface area contributed by atoms with Crippen LogP contribution in [0.15, 0.2) is 170 Å². The van der Waals surface area contributed by atoms with E-state index in [1.807, 2.05) is 23.5 Å². The Balaban J connectivity index is 1.26. The third-order valence-electron chi connectivity index (χ3n) is 10.1. The van der Waals surface area contributed by atoms with E-state index in [1.165, 1.54) is 52.8 Å². The SMILES string of the molecule is c1ccc(-c2cc(-c3ccccc3)nc(-n3c4ccc(-n5c6ccccc6c6ccccc65)cc4c4c5sc6ccccc6c5ccc43)n2)cc1. The molecular formula is C46H28N4S. The summed E-state index contributed by atoms with van der Waals surface area (Å²) in [6, 6.07) is 60.5. The van der Waals surface area contributed by atoms with E-state index in [4.69, 9.17) is 9.97 Å². The fourth-order valence-electron chi connectivity index (χ4n) is 7.88. The molecule has 11 aromatic rings. The van der Waals surface area contributed by atoms with Crippen LogP contribution in [0.1, 0.15) is 0 Å². The van der Waals surface area contributed by atoms with Gasteiger partial charge < -0.3 is 4.57 Å². The molecule has 0 amide bonds. The third-order valence-corrected chi connectivity index (χ3v) is 11.4. The topological polar surface area (TPSA) is 35.6 Å². The first-order valence-corrected chi connectivity index (χ1v) is 18.0. The van der Waals surface area contributed by atoms with Crippen molar-refractivity contribution in [3.63, 3.8) is 0 Å². The molecule has 5 heteroatoms. The van der Waals surface area contributed by atoms with Crippen molar-refractivity contribution >= 4 is 75.1 Å². The van der Waals surface area contributed by atoms with Crippen LogP contribution in [0.2, 0.25) is 0 Å². The van der Waals surface area contributed by atoms with Crippen LogP contribution < -0.4 is 0 Å². The van der Waals surface area contributed by atoms with Crippen LogP contribution in [0.5, 0.6) is 0 Å². The number of fused-ring (bicyclic) bond motifs is 10. The summed E-state index contributed by atoms with van der Waals surface area (Å²) in [7, 11) is 0. The zero-order valence-corrected chi connectivity index (χ0v) is 28.2. The Hall–Kier alpha value is -6.56. The van der Waals surface area contributed by atoms with Crippen molar-refractivity contribution in [3.05, 3.63) is 170 Å². The van der Waals surface area contributed by atoms with Crippen LogP contribution in [0.25, 0.3) is 97.9 Å². The second kappa shape index (κ2) is 11.0. The summed E-state index contributed by atoms with van der Waals surface area (Å²) in [6.07, 6.45) is 0. The number of hydrogen-bond acceptors (Lipinski definition) is 3. The Labute approximate surface area is 297 Å². The largest absolute Gasteiger partial charge is 0.309 e. The van der Waals surface area contributed by atoms with Gasteiger partial charge in [-0.25, -0.2) is 9.97 Å². The molecule has 11 rings (SSSR count). The summed E-state index contributed by atoms with van der Waals surface area (Å²) >= 11 is 1.86. The second-order valence-corrected chi connectivity index (χ2v) is 14.1. The van der Waals surface area contributed by atoms with Gasteiger partial charge in [-0.15, -0.1) is 11.3 Å². The summed E-state index contributed by atoms with van der Waals surface area (Å²) in [4.78, 5) is 10.6. The minimum atomic E-state index is 0.653. The molecule has 0 fully saturated rings. The van der Waals surface area contributed by atoms with Crippen LogP contribution in [-0.4, -0.2) is 19.1 Å². The molecule has 0 saturated carbocycles. The van der Waals surface area contributed by atoms with Gasteiger partial charge in [0.2, 0.25) is 5.95 Å². The van der Waals surface area contributed by atoms with E-state index in [1.54, 1.807) is 0 Å². The number of benzene rings is 7. The number of thiophene rings is 1. The maximum absolute atomic E-state index is 5.30. The lowest BCUT2D eigenvalue weighted by molar-refractivity contribution is 0.995. The molecule has 0 aliphatic carbocycles. The molecule has 0 aliphatic rings. The van der Waals surface area contributed by atoms with Crippen molar-refractivity contribution in [2.24, 2.45) is 0 Å². The molecule has 4 nitrogen and oxygen atoms in total. The molecular weight excluding hydrogens is 641 g/mol. The number of rotatable bonds is 4. The van der Waals surface area contributed by atoms with Crippen molar-refractivity contribution < 1.29 is 0 Å². The van der Waals surface area contributed by atoms with Crippen LogP contribution in [0.4, 0.5) is 0 Å². The third kappa shape index (κ3) is 4.25. The van der Waals surface area contributed by atoms with Gasteiger partial charge in [0.25, 0.3) is 0 Å². The lowest BCUT2D eigenvalue weighted by atomic mass is 10.1. The molecule has 0 radical (unpaired) electrons. The van der Waals surface area contributed by atoms with Crippen LogP contribution in [-0.2, 0) is 0 Å². The van der Waals surface area contributed by atoms with E-state index < -0.39 is 0 Å². The van der Waals surface area contributed by atoms with E-state index in [0.29, 0.717) is 5.95 Å².